The van der Waals surface area contributed by atoms with Gasteiger partial charge in [0.2, 0.25) is 0 Å². The molecule has 0 aliphatic heterocycles. The molecule has 0 fully saturated rings. The number of hydrogen-bond acceptors (Lipinski definition) is 1. The van der Waals surface area contributed by atoms with Gasteiger partial charge < -0.3 is 5.11 Å². The van der Waals surface area contributed by atoms with Gasteiger partial charge in [0.05, 0.1) is 0 Å². The van der Waals surface area contributed by atoms with Crippen LogP contribution in [0.4, 0.5) is 0 Å². The zero-order valence-electron chi connectivity index (χ0n) is 14.2. The van der Waals surface area contributed by atoms with Crippen molar-refractivity contribution in [1.29, 1.82) is 0 Å². The largest absolute Gasteiger partial charge is 0.508 e. The Morgan fingerprint density at radius 2 is 1.83 bits per heavy atom. The summed E-state index contributed by atoms with van der Waals surface area (Å²) in [6.45, 7) is 8.01. The number of allylic oxidation sites excluding steroid dienone is 1. The Bertz CT molecular complexity index is 706. The highest BCUT2D eigenvalue weighted by molar-refractivity contribution is 5.71. The minimum atomic E-state index is 0.369. The highest BCUT2D eigenvalue weighted by Gasteiger charge is 2.13. The molecule has 0 unspecified atom stereocenters. The number of phenols is 1. The van der Waals surface area contributed by atoms with E-state index in [0.29, 0.717) is 12.2 Å². The first-order valence-electron chi connectivity index (χ1n) is 8.48. The van der Waals surface area contributed by atoms with Crippen LogP contribution in [0.25, 0.3) is 11.1 Å². The lowest BCUT2D eigenvalue weighted by Gasteiger charge is -2.16. The maximum Gasteiger partial charge on any atom is 0.119 e. The van der Waals surface area contributed by atoms with Gasteiger partial charge >= 0.3 is 0 Å². The smallest absolute Gasteiger partial charge is 0.119 e. The van der Waals surface area contributed by atoms with Gasteiger partial charge in [0.25, 0.3) is 0 Å². The minimum Gasteiger partial charge on any atom is -0.508 e. The van der Waals surface area contributed by atoms with Crippen molar-refractivity contribution < 1.29 is 5.11 Å². The average Bonchev–Trinajstić information content (AvgIpc) is 2.55. The number of aromatic hydroxyl groups is 1. The second-order valence-corrected chi connectivity index (χ2v) is 5.90. The Labute approximate surface area is 140 Å². The number of hydrogen-bond donors (Lipinski definition) is 1. The standard InChI is InChI=1S/C22H26O/c1-4-7-13-21-20(10-6-3)19(14-15-22(21)23)18-12-8-11-17(16-18)9-5-2/h7-8,11-12,14-16,23H,1,5-6,9-10,13H2,2-3H3. The predicted octanol–water partition coefficient (Wildman–Crippen LogP) is 5.85. The van der Waals surface area contributed by atoms with E-state index < -0.39 is 0 Å². The van der Waals surface area contributed by atoms with Crippen LogP contribution in [0.5, 0.6) is 5.75 Å². The number of aryl methyl sites for hydroxylation is 1. The van der Waals surface area contributed by atoms with Crippen LogP contribution >= 0.6 is 0 Å². The summed E-state index contributed by atoms with van der Waals surface area (Å²) in [6.07, 6.45) is 6.81. The molecule has 0 saturated carbocycles. The molecule has 120 valence electrons. The summed E-state index contributed by atoms with van der Waals surface area (Å²) in [5.41, 5.74) is 8.90. The van der Waals surface area contributed by atoms with Crippen molar-refractivity contribution in [2.45, 2.75) is 46.0 Å². The van der Waals surface area contributed by atoms with Gasteiger partial charge in [0, 0.05) is 12.0 Å². The molecule has 23 heavy (non-hydrogen) atoms. The molecule has 0 aliphatic rings. The van der Waals surface area contributed by atoms with Crippen molar-refractivity contribution in [3.63, 3.8) is 0 Å². The Hall–Kier alpha value is -2.24. The summed E-state index contributed by atoms with van der Waals surface area (Å²) in [5.74, 6) is 0.369. The maximum atomic E-state index is 10.3. The molecule has 0 radical (unpaired) electrons. The first-order chi connectivity index (χ1) is 11.2. The monoisotopic (exact) mass is 306 g/mol. The van der Waals surface area contributed by atoms with E-state index in [1.165, 1.54) is 22.3 Å². The fraction of sp³-hybridized carbons (Fsp3) is 0.318. The Morgan fingerprint density at radius 3 is 2.52 bits per heavy atom. The lowest BCUT2D eigenvalue weighted by atomic mass is 9.89. The zero-order valence-corrected chi connectivity index (χ0v) is 14.2. The normalized spacial score (nSPS) is 10.3. The summed E-state index contributed by atoms with van der Waals surface area (Å²) >= 11 is 0. The Balaban J connectivity index is 2.56. The highest BCUT2D eigenvalue weighted by atomic mass is 16.3. The second kappa shape index (κ2) is 8.41. The predicted molar refractivity (Wildman–Crippen MR) is 98.9 cm³/mol. The zero-order chi connectivity index (χ0) is 16.7. The van der Waals surface area contributed by atoms with Crippen molar-refractivity contribution in [2.75, 3.05) is 0 Å². The molecule has 0 heterocycles. The van der Waals surface area contributed by atoms with Gasteiger partial charge in [0.1, 0.15) is 5.75 Å². The first-order valence-corrected chi connectivity index (χ1v) is 8.48. The van der Waals surface area contributed by atoms with Crippen molar-refractivity contribution in [1.82, 2.24) is 0 Å². The van der Waals surface area contributed by atoms with Gasteiger partial charge in [-0.2, -0.15) is 0 Å². The van der Waals surface area contributed by atoms with E-state index in [1.807, 2.05) is 18.2 Å². The number of phenolic OH excluding ortho intramolecular Hbond substituents is 1. The summed E-state index contributed by atoms with van der Waals surface area (Å²) in [4.78, 5) is 0. The van der Waals surface area contributed by atoms with E-state index in [-0.39, 0.29) is 0 Å². The topological polar surface area (TPSA) is 20.2 Å². The summed E-state index contributed by atoms with van der Waals surface area (Å²) in [5, 5.41) is 10.3. The molecule has 0 atom stereocenters. The summed E-state index contributed by atoms with van der Waals surface area (Å²) in [6, 6.07) is 12.6. The van der Waals surface area contributed by atoms with Crippen molar-refractivity contribution in [3.05, 3.63) is 71.5 Å². The molecule has 1 N–H and O–H groups in total. The Morgan fingerprint density at radius 1 is 1.04 bits per heavy atom. The van der Waals surface area contributed by atoms with Crippen LogP contribution in [0, 0.1) is 0 Å². The van der Waals surface area contributed by atoms with Crippen LogP contribution in [0.3, 0.4) is 0 Å². The molecule has 2 aromatic rings. The van der Waals surface area contributed by atoms with Crippen molar-refractivity contribution in [3.8, 4) is 16.9 Å². The van der Waals surface area contributed by atoms with Crippen LogP contribution in [-0.2, 0) is 19.3 Å². The molecule has 0 bridgehead atoms. The third kappa shape index (κ3) is 4.15. The van der Waals surface area contributed by atoms with Crippen LogP contribution in [0.15, 0.2) is 54.8 Å². The molecule has 2 rings (SSSR count). The minimum absolute atomic E-state index is 0.369. The molecule has 0 amide bonds. The van der Waals surface area contributed by atoms with Gasteiger partial charge in [-0.15, -0.1) is 5.73 Å². The fourth-order valence-corrected chi connectivity index (χ4v) is 3.07. The fourth-order valence-electron chi connectivity index (χ4n) is 3.07. The van der Waals surface area contributed by atoms with Crippen molar-refractivity contribution >= 4 is 0 Å². The lowest BCUT2D eigenvalue weighted by molar-refractivity contribution is 0.468. The third-order valence-corrected chi connectivity index (χ3v) is 4.13. The van der Waals surface area contributed by atoms with Gasteiger partial charge in [-0.05, 0) is 47.2 Å². The van der Waals surface area contributed by atoms with Gasteiger partial charge in [-0.25, -0.2) is 0 Å². The van der Waals surface area contributed by atoms with E-state index >= 15 is 0 Å². The first kappa shape index (κ1) is 17.1. The van der Waals surface area contributed by atoms with Crippen molar-refractivity contribution in [2.24, 2.45) is 0 Å². The molecule has 0 aliphatic carbocycles. The third-order valence-electron chi connectivity index (χ3n) is 4.13. The molecule has 2 aromatic carbocycles. The van der Waals surface area contributed by atoms with Crippen LogP contribution in [0.1, 0.15) is 43.4 Å². The van der Waals surface area contributed by atoms with Gasteiger partial charge in [-0.3, -0.25) is 0 Å². The summed E-state index contributed by atoms with van der Waals surface area (Å²) in [7, 11) is 0. The molecular weight excluding hydrogens is 280 g/mol. The molecule has 0 aromatic heterocycles. The lowest BCUT2D eigenvalue weighted by Crippen LogP contribution is -1.98. The van der Waals surface area contributed by atoms with Gasteiger partial charge in [0.15, 0.2) is 0 Å². The molecule has 1 nitrogen and oxygen atoms in total. The molecule has 0 spiro atoms. The summed E-state index contributed by atoms with van der Waals surface area (Å²) < 4.78 is 0. The maximum absolute atomic E-state index is 10.3. The number of rotatable bonds is 7. The average molecular weight is 306 g/mol. The van der Waals surface area contributed by atoms with Gasteiger partial charge in [-0.1, -0.05) is 63.6 Å². The molecule has 0 saturated heterocycles. The molecular formula is C22H26O. The van der Waals surface area contributed by atoms with Crippen LogP contribution in [0.2, 0.25) is 0 Å². The second-order valence-electron chi connectivity index (χ2n) is 5.90. The van der Waals surface area contributed by atoms with E-state index in [9.17, 15) is 5.11 Å². The SMILES string of the molecule is C=C=CCc1c(O)ccc(-c2cccc(CCC)c2)c1CCC. The Kier molecular flexibility index (Phi) is 6.26. The highest BCUT2D eigenvalue weighted by Crippen LogP contribution is 2.33. The molecule has 1 heteroatoms. The van der Waals surface area contributed by atoms with E-state index in [4.69, 9.17) is 0 Å². The van der Waals surface area contributed by atoms with E-state index in [0.717, 1.165) is 31.2 Å². The van der Waals surface area contributed by atoms with Crippen LogP contribution < -0.4 is 0 Å². The van der Waals surface area contributed by atoms with Crippen LogP contribution in [-0.4, -0.2) is 5.11 Å². The number of benzene rings is 2. The van der Waals surface area contributed by atoms with E-state index in [2.05, 4.69) is 50.4 Å². The van der Waals surface area contributed by atoms with E-state index in [1.54, 1.807) is 0 Å². The quantitative estimate of drug-likeness (QED) is 0.636.